The monoisotopic (exact) mass is 290 g/mol. The van der Waals surface area contributed by atoms with Crippen molar-refractivity contribution in [3.8, 4) is 22.1 Å². The highest BCUT2D eigenvalue weighted by Crippen LogP contribution is 2.39. The first-order valence-corrected chi connectivity index (χ1v) is 6.63. The van der Waals surface area contributed by atoms with Crippen molar-refractivity contribution < 1.29 is 14.2 Å². The summed E-state index contributed by atoms with van der Waals surface area (Å²) >= 11 is 1.42. The summed E-state index contributed by atoms with van der Waals surface area (Å²) in [4.78, 5) is 4.38. The number of nitrogens with two attached hydrogens (primary N) is 1. The molecule has 1 aromatic heterocycles. The molecule has 0 aliphatic heterocycles. The van der Waals surface area contributed by atoms with E-state index in [1.54, 1.807) is 18.2 Å². The SMILES string of the molecule is COc1cc(-c2nc3cc(F)ccc3s2)cc(N)c1O. The van der Waals surface area contributed by atoms with Crippen molar-refractivity contribution in [1.29, 1.82) is 0 Å². The van der Waals surface area contributed by atoms with Gasteiger partial charge in [-0.15, -0.1) is 11.3 Å². The Hall–Kier alpha value is -2.34. The van der Waals surface area contributed by atoms with Gasteiger partial charge in [-0.25, -0.2) is 9.37 Å². The topological polar surface area (TPSA) is 68.4 Å². The van der Waals surface area contributed by atoms with E-state index < -0.39 is 0 Å². The van der Waals surface area contributed by atoms with Crippen molar-refractivity contribution in [2.75, 3.05) is 12.8 Å². The van der Waals surface area contributed by atoms with Crippen LogP contribution >= 0.6 is 11.3 Å². The normalized spacial score (nSPS) is 10.9. The molecule has 1 heterocycles. The van der Waals surface area contributed by atoms with E-state index in [2.05, 4.69) is 4.98 Å². The van der Waals surface area contributed by atoms with Crippen LogP contribution < -0.4 is 10.5 Å². The Balaban J connectivity index is 2.17. The molecule has 0 aliphatic carbocycles. The van der Waals surface area contributed by atoms with Crippen LogP contribution in [0.5, 0.6) is 11.5 Å². The molecule has 3 rings (SSSR count). The zero-order valence-corrected chi connectivity index (χ0v) is 11.4. The van der Waals surface area contributed by atoms with E-state index >= 15 is 0 Å². The summed E-state index contributed by atoms with van der Waals surface area (Å²) < 4.78 is 19.1. The Bertz CT molecular complexity index is 801. The zero-order chi connectivity index (χ0) is 14.3. The average molecular weight is 290 g/mol. The lowest BCUT2D eigenvalue weighted by Crippen LogP contribution is -1.91. The molecule has 0 saturated carbocycles. The number of halogens is 1. The number of aromatic hydroxyl groups is 1. The molecule has 0 spiro atoms. The van der Waals surface area contributed by atoms with E-state index in [9.17, 15) is 9.50 Å². The third-order valence-electron chi connectivity index (χ3n) is 2.92. The standard InChI is InChI=1S/C14H11FN2O2S/c1-19-11-5-7(4-9(16)13(11)18)14-17-10-6-8(15)2-3-12(10)20-14/h2-6,18H,16H2,1H3. The van der Waals surface area contributed by atoms with Crippen LogP contribution in [-0.2, 0) is 0 Å². The highest BCUT2D eigenvalue weighted by atomic mass is 32.1. The highest BCUT2D eigenvalue weighted by Gasteiger charge is 2.13. The Morgan fingerprint density at radius 3 is 2.85 bits per heavy atom. The van der Waals surface area contributed by atoms with Crippen LogP contribution in [0.3, 0.4) is 0 Å². The Morgan fingerprint density at radius 1 is 1.30 bits per heavy atom. The average Bonchev–Trinajstić information content (AvgIpc) is 2.84. The van der Waals surface area contributed by atoms with Crippen molar-refractivity contribution >= 4 is 27.2 Å². The first-order chi connectivity index (χ1) is 9.58. The number of methoxy groups -OCH3 is 1. The maximum atomic E-state index is 13.2. The van der Waals surface area contributed by atoms with E-state index in [0.29, 0.717) is 10.5 Å². The number of hydrogen-bond donors (Lipinski definition) is 2. The molecule has 0 amide bonds. The maximum Gasteiger partial charge on any atom is 0.181 e. The zero-order valence-electron chi connectivity index (χ0n) is 10.6. The van der Waals surface area contributed by atoms with E-state index in [1.807, 2.05) is 0 Å². The number of aromatic nitrogens is 1. The fourth-order valence-corrected chi connectivity index (χ4v) is 2.87. The van der Waals surface area contributed by atoms with E-state index in [4.69, 9.17) is 10.5 Å². The molecule has 20 heavy (non-hydrogen) atoms. The largest absolute Gasteiger partial charge is 0.503 e. The quantitative estimate of drug-likeness (QED) is 0.560. The third-order valence-corrected chi connectivity index (χ3v) is 4.01. The van der Waals surface area contributed by atoms with Gasteiger partial charge in [0, 0.05) is 11.6 Å². The van der Waals surface area contributed by atoms with Crippen molar-refractivity contribution in [1.82, 2.24) is 4.98 Å². The number of hydrogen-bond acceptors (Lipinski definition) is 5. The van der Waals surface area contributed by atoms with Crippen LogP contribution in [0.2, 0.25) is 0 Å². The molecule has 4 nitrogen and oxygen atoms in total. The van der Waals surface area contributed by atoms with Crippen LogP contribution in [0.15, 0.2) is 30.3 Å². The van der Waals surface area contributed by atoms with Crippen LogP contribution in [0.1, 0.15) is 0 Å². The predicted octanol–water partition coefficient (Wildman–Crippen LogP) is 3.40. The van der Waals surface area contributed by atoms with Gasteiger partial charge in [-0.2, -0.15) is 0 Å². The van der Waals surface area contributed by atoms with Gasteiger partial charge in [0.1, 0.15) is 10.8 Å². The molecular weight excluding hydrogens is 279 g/mol. The summed E-state index contributed by atoms with van der Waals surface area (Å²) in [6, 6.07) is 7.74. The molecule has 3 aromatic rings. The van der Waals surface area contributed by atoms with Gasteiger partial charge in [0.2, 0.25) is 0 Å². The first kappa shape index (κ1) is 12.7. The summed E-state index contributed by atoms with van der Waals surface area (Å²) in [5, 5.41) is 10.4. The number of benzene rings is 2. The first-order valence-electron chi connectivity index (χ1n) is 5.81. The van der Waals surface area contributed by atoms with Gasteiger partial charge < -0.3 is 15.6 Å². The van der Waals surface area contributed by atoms with Crippen LogP contribution in [-0.4, -0.2) is 17.2 Å². The van der Waals surface area contributed by atoms with Crippen molar-refractivity contribution in [3.05, 3.63) is 36.1 Å². The maximum absolute atomic E-state index is 13.2. The number of thiazole rings is 1. The predicted molar refractivity (Wildman–Crippen MR) is 77.6 cm³/mol. The third kappa shape index (κ3) is 2.04. The molecule has 0 radical (unpaired) electrons. The fourth-order valence-electron chi connectivity index (χ4n) is 1.93. The van der Waals surface area contributed by atoms with Gasteiger partial charge >= 0.3 is 0 Å². The smallest absolute Gasteiger partial charge is 0.181 e. The van der Waals surface area contributed by atoms with Gasteiger partial charge in [-0.05, 0) is 24.3 Å². The van der Waals surface area contributed by atoms with Gasteiger partial charge in [0.25, 0.3) is 0 Å². The second kappa shape index (κ2) is 4.64. The molecule has 0 aliphatic rings. The van der Waals surface area contributed by atoms with Crippen molar-refractivity contribution in [2.24, 2.45) is 0 Å². The molecule has 3 N–H and O–H groups in total. The number of anilines is 1. The van der Waals surface area contributed by atoms with Gasteiger partial charge in [-0.1, -0.05) is 0 Å². The second-order valence-corrected chi connectivity index (χ2v) is 5.28. The minimum Gasteiger partial charge on any atom is -0.503 e. The number of rotatable bonds is 2. The van der Waals surface area contributed by atoms with Crippen LogP contribution in [0.25, 0.3) is 20.8 Å². The molecule has 0 fully saturated rings. The van der Waals surface area contributed by atoms with Gasteiger partial charge in [-0.3, -0.25) is 0 Å². The van der Waals surface area contributed by atoms with E-state index in [-0.39, 0.29) is 23.0 Å². The van der Waals surface area contributed by atoms with Gasteiger partial charge in [0.05, 0.1) is 23.0 Å². The Labute approximate surface area is 118 Å². The molecule has 6 heteroatoms. The number of nitrogens with zero attached hydrogens (tertiary/aromatic N) is 1. The number of ether oxygens (including phenoxy) is 1. The molecule has 0 atom stereocenters. The lowest BCUT2D eigenvalue weighted by molar-refractivity contribution is 0.375. The Kier molecular flexibility index (Phi) is 2.94. The summed E-state index contributed by atoms with van der Waals surface area (Å²) in [7, 11) is 1.45. The lowest BCUT2D eigenvalue weighted by Gasteiger charge is -2.07. The number of fused-ring (bicyclic) bond motifs is 1. The van der Waals surface area contributed by atoms with Crippen molar-refractivity contribution in [2.45, 2.75) is 0 Å². The highest BCUT2D eigenvalue weighted by molar-refractivity contribution is 7.21. The van der Waals surface area contributed by atoms with Crippen molar-refractivity contribution in [3.63, 3.8) is 0 Å². The molecule has 0 unspecified atom stereocenters. The molecule has 2 aromatic carbocycles. The Morgan fingerprint density at radius 2 is 2.10 bits per heavy atom. The minimum absolute atomic E-state index is 0.0941. The fraction of sp³-hybridized carbons (Fsp3) is 0.0714. The van der Waals surface area contributed by atoms with Crippen LogP contribution in [0.4, 0.5) is 10.1 Å². The number of nitrogen functional groups attached to an aromatic ring is 1. The molecule has 0 bridgehead atoms. The summed E-state index contributed by atoms with van der Waals surface area (Å²) in [6.45, 7) is 0. The summed E-state index contributed by atoms with van der Waals surface area (Å²) in [5.74, 6) is -0.133. The van der Waals surface area contributed by atoms with E-state index in [1.165, 1.54) is 30.6 Å². The number of phenolic OH excluding ortho intramolecular Hbond substituents is 1. The minimum atomic E-state index is -0.322. The molecule has 102 valence electrons. The summed E-state index contributed by atoms with van der Waals surface area (Å²) in [5.41, 5.74) is 7.27. The lowest BCUT2D eigenvalue weighted by atomic mass is 10.2. The molecular formula is C14H11FN2O2S. The molecule has 0 saturated heterocycles. The van der Waals surface area contributed by atoms with Gasteiger partial charge in [0.15, 0.2) is 11.5 Å². The van der Waals surface area contributed by atoms with Crippen LogP contribution in [0, 0.1) is 5.82 Å². The second-order valence-electron chi connectivity index (χ2n) is 4.25. The van der Waals surface area contributed by atoms with E-state index in [0.717, 1.165) is 10.3 Å². The number of phenols is 1. The summed E-state index contributed by atoms with van der Waals surface area (Å²) in [6.07, 6.45) is 0.